The summed E-state index contributed by atoms with van der Waals surface area (Å²) in [7, 11) is -0.688. The van der Waals surface area contributed by atoms with Gasteiger partial charge in [-0.25, -0.2) is 0 Å². The van der Waals surface area contributed by atoms with Crippen molar-refractivity contribution in [3.8, 4) is 0 Å². The molecule has 0 bridgehead atoms. The van der Waals surface area contributed by atoms with Crippen molar-refractivity contribution < 1.29 is 19.0 Å². The van der Waals surface area contributed by atoms with Crippen LogP contribution in [0.3, 0.4) is 0 Å². The molecule has 1 saturated carbocycles. The molecule has 3 fully saturated rings. The Balaban J connectivity index is 1.81. The van der Waals surface area contributed by atoms with E-state index in [0.717, 1.165) is 44.9 Å². The lowest BCUT2D eigenvalue weighted by atomic mass is 10.0. The quantitative estimate of drug-likeness (QED) is 0.619. The summed E-state index contributed by atoms with van der Waals surface area (Å²) in [5, 5.41) is 5.04. The van der Waals surface area contributed by atoms with Gasteiger partial charge in [0.1, 0.15) is 6.04 Å². The molecule has 2 heterocycles. The van der Waals surface area contributed by atoms with Crippen molar-refractivity contribution in [3.05, 3.63) is 0 Å². The third-order valence-corrected chi connectivity index (χ3v) is 7.88. The van der Waals surface area contributed by atoms with Gasteiger partial charge < -0.3 is 15.5 Å². The topological polar surface area (TPSA) is 98.7 Å². The van der Waals surface area contributed by atoms with E-state index in [9.17, 15) is 19.0 Å². The molecule has 0 aromatic carbocycles. The van der Waals surface area contributed by atoms with E-state index in [-0.39, 0.29) is 29.7 Å². The maximum absolute atomic E-state index is 13.1. The van der Waals surface area contributed by atoms with Crippen LogP contribution in [-0.2, 0) is 14.2 Å². The van der Waals surface area contributed by atoms with Gasteiger partial charge in [0.15, 0.2) is 0 Å². The maximum atomic E-state index is 13.1. The summed E-state index contributed by atoms with van der Waals surface area (Å²) in [6, 6.07) is -0.811. The molecule has 2 aliphatic heterocycles. The number of hydrogen-bond donors (Lipinski definition) is 3. The molecule has 152 valence electrons. The van der Waals surface area contributed by atoms with E-state index in [0.29, 0.717) is 19.4 Å². The molecule has 27 heavy (non-hydrogen) atoms. The van der Waals surface area contributed by atoms with Crippen LogP contribution in [0.15, 0.2) is 0 Å². The smallest absolute Gasteiger partial charge is 0.329 e. The zero-order chi connectivity index (χ0) is 19.6. The Morgan fingerprint density at radius 2 is 1.85 bits per heavy atom. The number of carbonyl (C=O) groups is 2. The third-order valence-electron chi connectivity index (χ3n) is 6.54. The number of amides is 2. The first-order chi connectivity index (χ1) is 12.9. The van der Waals surface area contributed by atoms with E-state index in [1.165, 1.54) is 0 Å². The van der Waals surface area contributed by atoms with Gasteiger partial charge >= 0.3 is 8.03 Å². The average molecular weight is 398 g/mol. The highest BCUT2D eigenvalue weighted by Gasteiger charge is 2.70. The Morgan fingerprint density at radius 1 is 1.19 bits per heavy atom. The van der Waals surface area contributed by atoms with Crippen molar-refractivity contribution in [3.63, 3.8) is 0 Å². The molecule has 3 N–H and O–H groups in total. The summed E-state index contributed by atoms with van der Waals surface area (Å²) in [5.41, 5.74) is 0. The Bertz CT molecular complexity index is 602. The maximum Gasteiger partial charge on any atom is 0.534 e. The van der Waals surface area contributed by atoms with Crippen LogP contribution in [-0.4, -0.2) is 52.6 Å². The molecule has 6 atom stereocenters. The van der Waals surface area contributed by atoms with Crippen molar-refractivity contribution >= 4 is 19.8 Å². The molecular formula is C19H33N3O4P+. The lowest BCUT2D eigenvalue weighted by molar-refractivity contribution is -0.140. The third kappa shape index (κ3) is 4.36. The minimum Gasteiger partial charge on any atom is -0.329 e. The van der Waals surface area contributed by atoms with Crippen molar-refractivity contribution in [1.82, 2.24) is 15.5 Å². The molecular weight excluding hydrogens is 365 g/mol. The van der Waals surface area contributed by atoms with E-state index in [2.05, 4.69) is 10.6 Å². The zero-order valence-electron chi connectivity index (χ0n) is 16.4. The monoisotopic (exact) mass is 398 g/mol. The number of hydrogen-bond acceptors (Lipinski definition) is 4. The second kappa shape index (κ2) is 8.54. The molecule has 0 spiro atoms. The Hall–Kier alpha value is -1.04. The predicted octanol–water partition coefficient (Wildman–Crippen LogP) is 2.12. The summed E-state index contributed by atoms with van der Waals surface area (Å²) < 4.78 is 12.0. The zero-order valence-corrected chi connectivity index (χ0v) is 17.3. The second-order valence-corrected chi connectivity index (χ2v) is 9.97. The SMILES string of the molecule is CNC1CCCCCCCC2CC2([P+](=O)O)NC(=O)C2CC(C)CN2C1=O. The predicted molar refractivity (Wildman–Crippen MR) is 103 cm³/mol. The van der Waals surface area contributed by atoms with Crippen LogP contribution < -0.4 is 10.6 Å². The number of likely N-dealkylation sites (N-methyl/N-ethyl adjacent to an activating group) is 1. The van der Waals surface area contributed by atoms with Crippen molar-refractivity contribution in [2.24, 2.45) is 11.8 Å². The fraction of sp³-hybridized carbons (Fsp3) is 0.895. The molecule has 7 nitrogen and oxygen atoms in total. The summed E-state index contributed by atoms with van der Waals surface area (Å²) in [6.07, 6.45) is 8.15. The normalized spacial score (nSPS) is 38.9. The van der Waals surface area contributed by atoms with Crippen LogP contribution in [0.25, 0.3) is 0 Å². The van der Waals surface area contributed by atoms with Crippen LogP contribution in [0, 0.1) is 11.8 Å². The van der Waals surface area contributed by atoms with Crippen LogP contribution in [0.2, 0.25) is 0 Å². The lowest BCUT2D eigenvalue weighted by Gasteiger charge is -2.28. The van der Waals surface area contributed by atoms with Gasteiger partial charge in [0.05, 0.1) is 6.04 Å². The van der Waals surface area contributed by atoms with E-state index < -0.39 is 19.3 Å². The van der Waals surface area contributed by atoms with Crippen LogP contribution in [0.1, 0.15) is 64.7 Å². The van der Waals surface area contributed by atoms with Crippen LogP contribution >= 0.6 is 8.03 Å². The highest BCUT2D eigenvalue weighted by molar-refractivity contribution is 7.40. The van der Waals surface area contributed by atoms with E-state index in [1.54, 1.807) is 11.9 Å². The van der Waals surface area contributed by atoms with Crippen molar-refractivity contribution in [2.75, 3.05) is 13.6 Å². The summed E-state index contributed by atoms with van der Waals surface area (Å²) in [5.74, 6) is 0.0344. The van der Waals surface area contributed by atoms with E-state index >= 15 is 0 Å². The minimum atomic E-state index is -2.48. The molecule has 2 amide bonds. The van der Waals surface area contributed by atoms with Gasteiger partial charge in [0, 0.05) is 18.9 Å². The molecule has 0 aromatic heterocycles. The lowest BCUT2D eigenvalue weighted by Crippen LogP contribution is -2.53. The van der Waals surface area contributed by atoms with Crippen molar-refractivity contribution in [2.45, 2.75) is 82.1 Å². The number of rotatable bonds is 2. The molecule has 0 aromatic rings. The van der Waals surface area contributed by atoms with Crippen molar-refractivity contribution in [1.29, 1.82) is 0 Å². The summed E-state index contributed by atoms with van der Waals surface area (Å²) in [4.78, 5) is 37.6. The molecule has 1 aliphatic carbocycles. The number of nitrogens with one attached hydrogen (secondary N) is 2. The van der Waals surface area contributed by atoms with Gasteiger partial charge in [0.2, 0.25) is 11.8 Å². The molecule has 2 saturated heterocycles. The summed E-state index contributed by atoms with van der Waals surface area (Å²) in [6.45, 7) is 2.61. The fourth-order valence-electron chi connectivity index (χ4n) is 4.79. The molecule has 0 radical (unpaired) electrons. The fourth-order valence-corrected chi connectivity index (χ4v) is 5.81. The van der Waals surface area contributed by atoms with Gasteiger partial charge in [0.25, 0.3) is 5.28 Å². The molecule has 6 unspecified atom stereocenters. The van der Waals surface area contributed by atoms with Crippen LogP contribution in [0.5, 0.6) is 0 Å². The Kier molecular flexibility index (Phi) is 6.54. The first-order valence-corrected chi connectivity index (χ1v) is 11.6. The number of carbonyl (C=O) groups excluding carboxylic acids is 2. The number of fused-ring (bicyclic) bond motifs is 2. The Morgan fingerprint density at radius 3 is 2.52 bits per heavy atom. The first kappa shape index (κ1) is 20.7. The van der Waals surface area contributed by atoms with Gasteiger partial charge in [-0.15, -0.1) is 0 Å². The standard InChI is InChI=1S/C19H32N3O4P/c1-13-10-16-17(23)21-19(27(25)26)11-14(19)8-6-4-3-5-7-9-15(20-2)18(24)22(16)12-13/h13-16,20H,3-12H2,1-2H3,(H-,21,23,25,26)/p+1. The van der Waals surface area contributed by atoms with Gasteiger partial charge in [-0.1, -0.05) is 39.0 Å². The molecule has 8 heteroatoms. The minimum absolute atomic E-state index is 0.0216. The highest BCUT2D eigenvalue weighted by atomic mass is 31.1. The molecule has 3 rings (SSSR count). The largest absolute Gasteiger partial charge is 0.534 e. The van der Waals surface area contributed by atoms with Gasteiger partial charge in [-0.05, 0) is 36.8 Å². The Labute approximate surface area is 162 Å². The number of nitrogens with zero attached hydrogens (tertiary/aromatic N) is 1. The summed E-state index contributed by atoms with van der Waals surface area (Å²) >= 11 is 0. The van der Waals surface area contributed by atoms with Gasteiger partial charge in [-0.3, -0.25) is 9.59 Å². The highest BCUT2D eigenvalue weighted by Crippen LogP contribution is 2.60. The van der Waals surface area contributed by atoms with Gasteiger partial charge in [-0.2, -0.15) is 4.89 Å². The average Bonchev–Trinajstić information content (AvgIpc) is 3.18. The first-order valence-electron chi connectivity index (χ1n) is 10.3. The van der Waals surface area contributed by atoms with E-state index in [1.807, 2.05) is 6.92 Å². The van der Waals surface area contributed by atoms with Crippen LogP contribution in [0.4, 0.5) is 0 Å². The van der Waals surface area contributed by atoms with E-state index in [4.69, 9.17) is 0 Å². The molecule has 3 aliphatic rings. The second-order valence-electron chi connectivity index (χ2n) is 8.62.